The molecule has 0 amide bonds. The predicted octanol–water partition coefficient (Wildman–Crippen LogP) is -0.427. The fourth-order valence-electron chi connectivity index (χ4n) is 0.578. The quantitative estimate of drug-likeness (QED) is 0.461. The molecule has 0 bridgehead atoms. The van der Waals surface area contributed by atoms with Crippen LogP contribution in [-0.2, 0) is 9.53 Å². The summed E-state index contributed by atoms with van der Waals surface area (Å²) in [6.45, 7) is 0. The van der Waals surface area contributed by atoms with Crippen molar-refractivity contribution in [2.24, 2.45) is 0 Å². The number of nitrogens with zero attached hydrogens (tertiary/aromatic N) is 2. The maximum atomic E-state index is 10.6. The van der Waals surface area contributed by atoms with Crippen LogP contribution in [0.15, 0.2) is 6.08 Å². The number of aromatic nitrogens is 3. The zero-order valence-corrected chi connectivity index (χ0v) is 6.44. The van der Waals surface area contributed by atoms with Crippen LogP contribution in [0.25, 0.3) is 6.08 Å². The van der Waals surface area contributed by atoms with Gasteiger partial charge in [-0.1, -0.05) is 0 Å². The first-order chi connectivity index (χ1) is 5.72. The molecule has 1 aromatic rings. The van der Waals surface area contributed by atoms with E-state index in [9.17, 15) is 4.79 Å². The van der Waals surface area contributed by atoms with Crippen LogP contribution in [0.1, 0.15) is 5.82 Å². The number of nitrogens with two attached hydrogens (primary N) is 1. The van der Waals surface area contributed by atoms with Crippen molar-refractivity contribution in [2.45, 2.75) is 0 Å². The highest BCUT2D eigenvalue weighted by molar-refractivity contribution is 5.86. The fourth-order valence-corrected chi connectivity index (χ4v) is 0.578. The van der Waals surface area contributed by atoms with Crippen molar-refractivity contribution in [1.82, 2.24) is 15.2 Å². The van der Waals surface area contributed by atoms with E-state index in [-0.39, 0.29) is 5.95 Å². The predicted molar refractivity (Wildman–Crippen MR) is 41.8 cm³/mol. The van der Waals surface area contributed by atoms with Crippen LogP contribution < -0.4 is 5.73 Å². The topological polar surface area (TPSA) is 93.9 Å². The van der Waals surface area contributed by atoms with Crippen molar-refractivity contribution in [3.8, 4) is 0 Å². The second-order valence-corrected chi connectivity index (χ2v) is 1.94. The molecular formula is C6H8N4O2. The summed E-state index contributed by atoms with van der Waals surface area (Å²) in [7, 11) is 1.29. The number of hydrogen-bond donors (Lipinski definition) is 2. The van der Waals surface area contributed by atoms with Crippen LogP contribution in [0.4, 0.5) is 5.95 Å². The fraction of sp³-hybridized carbons (Fsp3) is 0.167. The Morgan fingerprint density at radius 3 is 3.00 bits per heavy atom. The van der Waals surface area contributed by atoms with Gasteiger partial charge < -0.3 is 10.5 Å². The number of carbonyl (C=O) groups is 1. The molecule has 0 saturated carbocycles. The minimum absolute atomic E-state index is 0.138. The van der Waals surface area contributed by atoms with Crippen molar-refractivity contribution in [3.05, 3.63) is 11.9 Å². The van der Waals surface area contributed by atoms with E-state index in [4.69, 9.17) is 5.73 Å². The van der Waals surface area contributed by atoms with E-state index in [1.54, 1.807) is 0 Å². The number of hydrogen-bond acceptors (Lipinski definition) is 5. The molecule has 64 valence electrons. The molecule has 3 N–H and O–H groups in total. The number of nitrogen functional groups attached to an aromatic ring is 1. The number of nitrogens with one attached hydrogen (secondary N) is 1. The van der Waals surface area contributed by atoms with E-state index in [1.165, 1.54) is 19.3 Å². The molecule has 1 heterocycles. The third-order valence-corrected chi connectivity index (χ3v) is 1.10. The van der Waals surface area contributed by atoms with Gasteiger partial charge in [0.15, 0.2) is 5.82 Å². The second-order valence-electron chi connectivity index (χ2n) is 1.94. The average Bonchev–Trinajstić information content (AvgIpc) is 2.47. The van der Waals surface area contributed by atoms with E-state index in [1.807, 2.05) is 0 Å². The van der Waals surface area contributed by atoms with Gasteiger partial charge in [0.2, 0.25) is 5.95 Å². The van der Waals surface area contributed by atoms with E-state index < -0.39 is 5.97 Å². The molecule has 0 aliphatic carbocycles. The Hall–Kier alpha value is -1.85. The van der Waals surface area contributed by atoms with Gasteiger partial charge in [-0.3, -0.25) is 5.10 Å². The number of rotatable bonds is 2. The number of methoxy groups -OCH3 is 1. The van der Waals surface area contributed by atoms with Crippen molar-refractivity contribution >= 4 is 18.0 Å². The molecule has 1 rings (SSSR count). The first-order valence-electron chi connectivity index (χ1n) is 3.16. The van der Waals surface area contributed by atoms with Gasteiger partial charge in [-0.25, -0.2) is 4.79 Å². The summed E-state index contributed by atoms with van der Waals surface area (Å²) >= 11 is 0. The average molecular weight is 168 g/mol. The van der Waals surface area contributed by atoms with Gasteiger partial charge in [-0.2, -0.15) is 4.98 Å². The maximum Gasteiger partial charge on any atom is 0.330 e. The monoisotopic (exact) mass is 168 g/mol. The number of carbonyl (C=O) groups excluding carboxylic acids is 1. The minimum Gasteiger partial charge on any atom is -0.466 e. The van der Waals surface area contributed by atoms with E-state index in [2.05, 4.69) is 19.9 Å². The molecule has 0 saturated heterocycles. The molecule has 0 aromatic carbocycles. The molecule has 0 atom stereocenters. The van der Waals surface area contributed by atoms with Gasteiger partial charge in [0.05, 0.1) is 7.11 Å². The van der Waals surface area contributed by atoms with E-state index >= 15 is 0 Å². The van der Waals surface area contributed by atoms with Gasteiger partial charge in [-0.05, 0) is 6.08 Å². The largest absolute Gasteiger partial charge is 0.466 e. The maximum absolute atomic E-state index is 10.6. The van der Waals surface area contributed by atoms with Gasteiger partial charge in [0, 0.05) is 6.08 Å². The number of H-pyrrole nitrogens is 1. The first-order valence-corrected chi connectivity index (χ1v) is 3.16. The normalized spacial score (nSPS) is 10.4. The van der Waals surface area contributed by atoms with Crippen LogP contribution in [0.2, 0.25) is 0 Å². The van der Waals surface area contributed by atoms with Crippen molar-refractivity contribution in [2.75, 3.05) is 12.8 Å². The summed E-state index contributed by atoms with van der Waals surface area (Å²) in [6, 6.07) is 0. The summed E-state index contributed by atoms with van der Waals surface area (Å²) in [6.07, 6.45) is 2.65. The van der Waals surface area contributed by atoms with Crippen LogP contribution >= 0.6 is 0 Å². The molecule has 1 aromatic heterocycles. The lowest BCUT2D eigenvalue weighted by Crippen LogP contribution is -1.93. The van der Waals surface area contributed by atoms with Gasteiger partial charge >= 0.3 is 5.97 Å². The van der Waals surface area contributed by atoms with Crippen molar-refractivity contribution < 1.29 is 9.53 Å². The van der Waals surface area contributed by atoms with E-state index in [0.717, 1.165) is 0 Å². The molecular weight excluding hydrogens is 160 g/mol. The summed E-state index contributed by atoms with van der Waals surface area (Å²) in [4.78, 5) is 14.3. The summed E-state index contributed by atoms with van der Waals surface area (Å²) in [5.74, 6) is 0.0994. The zero-order chi connectivity index (χ0) is 8.97. The van der Waals surface area contributed by atoms with Crippen LogP contribution in [0.5, 0.6) is 0 Å². The van der Waals surface area contributed by atoms with Crippen molar-refractivity contribution in [3.63, 3.8) is 0 Å². The molecule has 12 heavy (non-hydrogen) atoms. The highest BCUT2D eigenvalue weighted by Gasteiger charge is 1.95. The number of anilines is 1. The lowest BCUT2D eigenvalue weighted by atomic mass is 10.5. The molecule has 0 aliphatic heterocycles. The van der Waals surface area contributed by atoms with Gasteiger partial charge in [0.25, 0.3) is 0 Å². The lowest BCUT2D eigenvalue weighted by molar-refractivity contribution is -0.134. The first kappa shape index (κ1) is 8.25. The smallest absolute Gasteiger partial charge is 0.330 e. The number of aromatic amines is 1. The molecule has 6 heteroatoms. The highest BCUT2D eigenvalue weighted by atomic mass is 16.5. The summed E-state index contributed by atoms with van der Waals surface area (Å²) in [5, 5.41) is 6.06. The Bertz CT molecular complexity index is 304. The van der Waals surface area contributed by atoms with Crippen molar-refractivity contribution in [1.29, 1.82) is 0 Å². The standard InChI is InChI=1S/C6H8N4O2/c1-12-5(11)3-2-4-8-6(7)10-9-4/h2-3H,1H3,(H3,7,8,9,10)/b3-2+. The highest BCUT2D eigenvalue weighted by Crippen LogP contribution is 1.95. The third-order valence-electron chi connectivity index (χ3n) is 1.10. The third kappa shape index (κ3) is 2.08. The molecule has 0 aliphatic rings. The SMILES string of the molecule is COC(=O)/C=C/c1nc(N)n[nH]1. The zero-order valence-electron chi connectivity index (χ0n) is 6.44. The lowest BCUT2D eigenvalue weighted by Gasteiger charge is -1.86. The molecule has 6 nitrogen and oxygen atoms in total. The summed E-state index contributed by atoms with van der Waals surface area (Å²) in [5.41, 5.74) is 5.21. The summed E-state index contributed by atoms with van der Waals surface area (Å²) < 4.78 is 4.36. The van der Waals surface area contributed by atoms with E-state index in [0.29, 0.717) is 5.82 Å². The molecule has 0 radical (unpaired) electrons. The number of esters is 1. The van der Waals surface area contributed by atoms with Crippen LogP contribution in [0.3, 0.4) is 0 Å². The van der Waals surface area contributed by atoms with Gasteiger partial charge in [0.1, 0.15) is 0 Å². The molecule has 0 fully saturated rings. The Balaban J connectivity index is 2.63. The minimum atomic E-state index is -0.454. The number of ether oxygens (including phenoxy) is 1. The van der Waals surface area contributed by atoms with Crippen LogP contribution in [-0.4, -0.2) is 28.3 Å². The molecule has 0 unspecified atom stereocenters. The Labute approximate surface area is 68.4 Å². The molecule has 0 spiro atoms. The Morgan fingerprint density at radius 1 is 1.75 bits per heavy atom. The van der Waals surface area contributed by atoms with Gasteiger partial charge in [-0.15, -0.1) is 5.10 Å². The second kappa shape index (κ2) is 3.51. The van der Waals surface area contributed by atoms with Crippen LogP contribution in [0, 0.1) is 0 Å². The Kier molecular flexibility index (Phi) is 2.42. The Morgan fingerprint density at radius 2 is 2.50 bits per heavy atom.